The monoisotopic (exact) mass is 847 g/mol. The van der Waals surface area contributed by atoms with E-state index < -0.39 is 0 Å². The first-order valence-corrected chi connectivity index (χ1v) is 25.0. The van der Waals surface area contributed by atoms with Crippen molar-refractivity contribution >= 4 is 22.8 Å². The predicted octanol–water partition coefficient (Wildman–Crippen LogP) is 18.2. The number of hydrogen-bond donors (Lipinski definition) is 0. The Kier molecular flexibility index (Phi) is 37.6. The second kappa shape index (κ2) is 40.8. The van der Waals surface area contributed by atoms with E-state index in [2.05, 4.69) is 99.9 Å². The van der Waals surface area contributed by atoms with Crippen LogP contribution in [0.2, 0.25) is 0 Å². The molecule has 0 aliphatic carbocycles. The first kappa shape index (κ1) is 54.4. The fraction of sp³-hybridized carbons (Fsp3) is 0.679. The summed E-state index contributed by atoms with van der Waals surface area (Å²) in [5.74, 6) is 14.0. The van der Waals surface area contributed by atoms with Gasteiger partial charge in [-0.05, 0) is 74.6 Å². The van der Waals surface area contributed by atoms with Crippen molar-refractivity contribution in [2.24, 2.45) is 9.98 Å². The second-order valence-corrected chi connectivity index (χ2v) is 16.9. The van der Waals surface area contributed by atoms with Crippen LogP contribution in [-0.4, -0.2) is 11.4 Å². The van der Waals surface area contributed by atoms with Crippen LogP contribution in [0.15, 0.2) is 58.5 Å². The molecule has 2 rings (SSSR count). The molecule has 3 heteroatoms. The SMILES string of the molecule is CCCCCCCCCCC#CCCc1ccccc1N=C(CCCCCC)C(CCCCCCCC)=Nc1ccccc1CCC#CCCCCCCCCCC.[Ni]. The maximum atomic E-state index is 5.54. The molecule has 0 atom stereocenters. The predicted molar refractivity (Wildman–Crippen MR) is 260 cm³/mol. The molecule has 59 heavy (non-hydrogen) atoms. The quantitative estimate of drug-likeness (QED) is 0.0286. The summed E-state index contributed by atoms with van der Waals surface area (Å²) in [6, 6.07) is 17.6. The smallest absolute Gasteiger partial charge is 0.0666 e. The Morgan fingerprint density at radius 3 is 1.02 bits per heavy atom. The van der Waals surface area contributed by atoms with Crippen LogP contribution in [0.4, 0.5) is 11.4 Å². The van der Waals surface area contributed by atoms with Crippen LogP contribution in [-0.2, 0) is 29.3 Å². The van der Waals surface area contributed by atoms with Gasteiger partial charge in [0, 0.05) is 42.2 Å². The van der Waals surface area contributed by atoms with Crippen LogP contribution in [0.5, 0.6) is 0 Å². The zero-order chi connectivity index (χ0) is 41.4. The molecule has 2 aromatic rings. The third kappa shape index (κ3) is 29.3. The Morgan fingerprint density at radius 2 is 0.644 bits per heavy atom. The summed E-state index contributed by atoms with van der Waals surface area (Å²) in [6.45, 7) is 9.18. The molecule has 2 nitrogen and oxygen atoms in total. The van der Waals surface area contributed by atoms with E-state index in [4.69, 9.17) is 9.98 Å². The van der Waals surface area contributed by atoms with Crippen LogP contribution in [0.1, 0.15) is 244 Å². The molecule has 0 aromatic heterocycles. The molecule has 0 spiro atoms. The number of aliphatic imine (C=N–C) groups is 2. The molecular formula is C56H88N2Ni. The molecule has 0 fully saturated rings. The van der Waals surface area contributed by atoms with Crippen molar-refractivity contribution in [1.29, 1.82) is 0 Å². The number of benzene rings is 2. The van der Waals surface area contributed by atoms with Crippen LogP contribution in [0, 0.1) is 23.7 Å². The summed E-state index contributed by atoms with van der Waals surface area (Å²) in [7, 11) is 0. The van der Waals surface area contributed by atoms with Gasteiger partial charge in [-0.3, -0.25) is 9.98 Å². The zero-order valence-electron chi connectivity index (χ0n) is 38.9. The van der Waals surface area contributed by atoms with Crippen LogP contribution in [0.25, 0.3) is 0 Å². The Hall–Kier alpha value is -2.61. The van der Waals surface area contributed by atoms with Gasteiger partial charge >= 0.3 is 0 Å². The van der Waals surface area contributed by atoms with Gasteiger partial charge < -0.3 is 0 Å². The number of para-hydroxylation sites is 2. The Morgan fingerprint density at radius 1 is 0.356 bits per heavy atom. The molecule has 0 amide bonds. The number of rotatable bonds is 35. The van der Waals surface area contributed by atoms with Gasteiger partial charge in [0.25, 0.3) is 0 Å². The first-order valence-electron chi connectivity index (χ1n) is 25.0. The van der Waals surface area contributed by atoms with Crippen molar-refractivity contribution in [2.75, 3.05) is 0 Å². The van der Waals surface area contributed by atoms with E-state index in [0.29, 0.717) is 0 Å². The average molecular weight is 848 g/mol. The molecule has 0 unspecified atom stereocenters. The van der Waals surface area contributed by atoms with Gasteiger partial charge in [0.15, 0.2) is 0 Å². The van der Waals surface area contributed by atoms with Crippen molar-refractivity contribution in [2.45, 2.75) is 246 Å². The minimum absolute atomic E-state index is 0. The maximum Gasteiger partial charge on any atom is 0.0666 e. The Bertz CT molecular complexity index is 1460. The van der Waals surface area contributed by atoms with Crippen LogP contribution in [0.3, 0.4) is 0 Å². The van der Waals surface area contributed by atoms with E-state index in [-0.39, 0.29) is 16.5 Å². The van der Waals surface area contributed by atoms with Gasteiger partial charge in [-0.1, -0.05) is 205 Å². The van der Waals surface area contributed by atoms with Gasteiger partial charge in [0.05, 0.1) is 22.8 Å². The molecule has 0 saturated heterocycles. The maximum absolute atomic E-state index is 5.54. The molecule has 0 radical (unpaired) electrons. The summed E-state index contributed by atoms with van der Waals surface area (Å²) < 4.78 is 0. The topological polar surface area (TPSA) is 24.7 Å². The van der Waals surface area contributed by atoms with E-state index in [1.807, 2.05) is 0 Å². The summed E-state index contributed by atoms with van der Waals surface area (Å²) in [5, 5.41) is 0. The average Bonchev–Trinajstić information content (AvgIpc) is 3.24. The third-order valence-electron chi connectivity index (χ3n) is 11.5. The molecule has 0 saturated carbocycles. The fourth-order valence-corrected chi connectivity index (χ4v) is 7.72. The van der Waals surface area contributed by atoms with E-state index >= 15 is 0 Å². The van der Waals surface area contributed by atoms with Gasteiger partial charge in [0.2, 0.25) is 0 Å². The van der Waals surface area contributed by atoms with E-state index in [0.717, 1.165) is 69.2 Å². The van der Waals surface area contributed by atoms with Crippen LogP contribution >= 0.6 is 0 Å². The minimum atomic E-state index is 0. The number of hydrogen-bond acceptors (Lipinski definition) is 2. The standard InChI is InChI=1S/C56H88N2.Ni/c1-5-9-13-17-20-22-24-26-28-30-32-35-43-51-45-39-41-47-53(51)57-55(49-37-16-12-8-4)56(50-38-34-19-15-11-7-3)58-54-48-42-40-46-52(54)44-36-33-31-29-27-25-23-21-18-14-10-6-2;/h39-42,45-48H,5-29,34-38,43-44,49-50H2,1-4H3;. The Labute approximate surface area is 376 Å². The van der Waals surface area contributed by atoms with Crippen molar-refractivity contribution in [1.82, 2.24) is 0 Å². The van der Waals surface area contributed by atoms with Gasteiger partial charge in [-0.25, -0.2) is 0 Å². The van der Waals surface area contributed by atoms with Gasteiger partial charge in [-0.2, -0.15) is 0 Å². The van der Waals surface area contributed by atoms with Crippen molar-refractivity contribution in [3.8, 4) is 23.7 Å². The van der Waals surface area contributed by atoms with Crippen molar-refractivity contribution in [3.05, 3.63) is 59.7 Å². The molecule has 0 aliphatic heterocycles. The third-order valence-corrected chi connectivity index (χ3v) is 11.5. The normalized spacial score (nSPS) is 11.5. The summed E-state index contributed by atoms with van der Waals surface area (Å²) in [6.07, 6.45) is 41.9. The molecule has 0 aliphatic rings. The number of aryl methyl sites for hydroxylation is 2. The van der Waals surface area contributed by atoms with E-state index in [1.54, 1.807) is 0 Å². The minimum Gasteiger partial charge on any atom is -0.251 e. The van der Waals surface area contributed by atoms with Gasteiger partial charge in [0.1, 0.15) is 0 Å². The summed E-state index contributed by atoms with van der Waals surface area (Å²) in [4.78, 5) is 11.1. The summed E-state index contributed by atoms with van der Waals surface area (Å²) in [5.41, 5.74) is 7.21. The largest absolute Gasteiger partial charge is 0.251 e. The molecule has 332 valence electrons. The zero-order valence-corrected chi connectivity index (χ0v) is 39.9. The number of nitrogens with zero attached hydrogens (tertiary/aromatic N) is 2. The van der Waals surface area contributed by atoms with Gasteiger partial charge in [-0.15, -0.1) is 23.7 Å². The molecule has 2 aromatic carbocycles. The van der Waals surface area contributed by atoms with E-state index in [9.17, 15) is 0 Å². The molecule has 0 bridgehead atoms. The number of unbranched alkanes of at least 4 members (excludes halogenated alkanes) is 24. The fourth-order valence-electron chi connectivity index (χ4n) is 7.72. The first-order chi connectivity index (χ1) is 28.7. The Balaban J connectivity index is 0.0000174. The summed E-state index contributed by atoms with van der Waals surface area (Å²) >= 11 is 0. The second-order valence-electron chi connectivity index (χ2n) is 16.9. The van der Waals surface area contributed by atoms with E-state index in [1.165, 1.54) is 183 Å². The molecule has 0 heterocycles. The van der Waals surface area contributed by atoms with Crippen molar-refractivity contribution < 1.29 is 16.5 Å². The van der Waals surface area contributed by atoms with Crippen LogP contribution < -0.4 is 0 Å². The van der Waals surface area contributed by atoms with Crippen molar-refractivity contribution in [3.63, 3.8) is 0 Å². The molecular weight excluding hydrogens is 759 g/mol. The molecule has 0 N–H and O–H groups in total.